The van der Waals surface area contributed by atoms with Crippen molar-refractivity contribution in [2.75, 3.05) is 19.0 Å². The number of nitrogens with zero attached hydrogens (tertiary/aromatic N) is 2. The van der Waals surface area contributed by atoms with E-state index in [1.807, 2.05) is 43.3 Å². The molecule has 3 rings (SSSR count). The number of carbonyl (C=O) groups excluding carboxylic acids is 1. The summed E-state index contributed by atoms with van der Waals surface area (Å²) in [6.07, 6.45) is 1.36. The molecule has 0 spiro atoms. The highest BCUT2D eigenvalue weighted by Gasteiger charge is 2.20. The first-order chi connectivity index (χ1) is 17.4. The van der Waals surface area contributed by atoms with Gasteiger partial charge in [-0.3, -0.25) is 14.9 Å². The molecule has 0 aliphatic carbocycles. The van der Waals surface area contributed by atoms with E-state index in [1.54, 1.807) is 12.1 Å². The van der Waals surface area contributed by atoms with Gasteiger partial charge in [-0.1, -0.05) is 30.3 Å². The van der Waals surface area contributed by atoms with E-state index >= 15 is 0 Å². The van der Waals surface area contributed by atoms with Gasteiger partial charge in [0.1, 0.15) is 29.7 Å². The van der Waals surface area contributed by atoms with Crippen LogP contribution in [0.4, 0.5) is 11.4 Å². The number of anilines is 1. The average Bonchev–Trinajstić information content (AvgIpc) is 2.87. The van der Waals surface area contributed by atoms with E-state index < -0.39 is 10.8 Å². The smallest absolute Gasteiger partial charge is 0.296 e. The Balaban J connectivity index is 1.88. The zero-order valence-corrected chi connectivity index (χ0v) is 21.1. The van der Waals surface area contributed by atoms with Crippen molar-refractivity contribution in [3.63, 3.8) is 0 Å². The van der Waals surface area contributed by atoms with Crippen molar-refractivity contribution in [2.24, 2.45) is 0 Å². The zero-order chi connectivity index (χ0) is 26.1. The van der Waals surface area contributed by atoms with Gasteiger partial charge in [0.05, 0.1) is 29.2 Å². The van der Waals surface area contributed by atoms with Crippen LogP contribution in [-0.2, 0) is 11.4 Å². The minimum Gasteiger partial charge on any atom is -0.496 e. The molecule has 9 nitrogen and oxygen atoms in total. The molecule has 1 N–H and O–H groups in total. The van der Waals surface area contributed by atoms with Crippen molar-refractivity contribution in [1.82, 2.24) is 0 Å². The van der Waals surface area contributed by atoms with E-state index in [4.69, 9.17) is 14.2 Å². The maximum Gasteiger partial charge on any atom is 0.296 e. The second kappa shape index (κ2) is 12.4. The summed E-state index contributed by atoms with van der Waals surface area (Å²) in [4.78, 5) is 23.5. The first-order valence-corrected chi connectivity index (χ1v) is 11.5. The number of ether oxygens (including phenoxy) is 3. The van der Waals surface area contributed by atoms with Gasteiger partial charge in [-0.05, 0) is 64.3 Å². The highest BCUT2D eigenvalue weighted by Crippen LogP contribution is 2.38. The van der Waals surface area contributed by atoms with E-state index in [0.29, 0.717) is 34.7 Å². The molecule has 0 saturated carbocycles. The molecular formula is C26H22BrN3O6. The maximum atomic E-state index is 12.8. The van der Waals surface area contributed by atoms with Crippen molar-refractivity contribution >= 4 is 39.3 Å². The number of halogens is 1. The monoisotopic (exact) mass is 551 g/mol. The van der Waals surface area contributed by atoms with Crippen molar-refractivity contribution in [1.29, 1.82) is 5.26 Å². The summed E-state index contributed by atoms with van der Waals surface area (Å²) in [5.41, 5.74) is 0.793. The zero-order valence-electron chi connectivity index (χ0n) is 19.5. The van der Waals surface area contributed by atoms with Crippen LogP contribution >= 0.6 is 15.9 Å². The molecule has 3 aromatic rings. The maximum absolute atomic E-state index is 12.8. The van der Waals surface area contributed by atoms with Gasteiger partial charge in [-0.15, -0.1) is 0 Å². The summed E-state index contributed by atoms with van der Waals surface area (Å²) in [5, 5.41) is 23.4. The van der Waals surface area contributed by atoms with Crippen LogP contribution in [0, 0.1) is 21.4 Å². The van der Waals surface area contributed by atoms with E-state index in [0.717, 1.165) is 5.56 Å². The first kappa shape index (κ1) is 26.2. The lowest BCUT2D eigenvalue weighted by Crippen LogP contribution is -2.14. The number of methoxy groups -OCH3 is 1. The number of hydrogen-bond donors (Lipinski definition) is 1. The third-order valence-electron chi connectivity index (χ3n) is 4.88. The Kier molecular flexibility index (Phi) is 9.02. The molecule has 0 fully saturated rings. The van der Waals surface area contributed by atoms with Gasteiger partial charge in [0.25, 0.3) is 11.6 Å². The molecule has 0 aromatic heterocycles. The number of amides is 1. The molecule has 3 aromatic carbocycles. The third kappa shape index (κ3) is 6.61. The predicted molar refractivity (Wildman–Crippen MR) is 138 cm³/mol. The number of hydrogen-bond acceptors (Lipinski definition) is 7. The molecule has 1 amide bonds. The predicted octanol–water partition coefficient (Wildman–Crippen LogP) is 5.89. The summed E-state index contributed by atoms with van der Waals surface area (Å²) in [5.74, 6) is 0.370. The minimum atomic E-state index is -0.802. The molecule has 10 heteroatoms. The van der Waals surface area contributed by atoms with E-state index in [9.17, 15) is 20.2 Å². The van der Waals surface area contributed by atoms with Crippen LogP contribution in [0.2, 0.25) is 0 Å². The second-order valence-electron chi connectivity index (χ2n) is 7.30. The van der Waals surface area contributed by atoms with Crippen molar-refractivity contribution in [3.05, 3.63) is 92.0 Å². The van der Waals surface area contributed by atoms with Gasteiger partial charge in [-0.2, -0.15) is 5.26 Å². The van der Waals surface area contributed by atoms with Crippen LogP contribution in [0.3, 0.4) is 0 Å². The number of benzene rings is 3. The minimum absolute atomic E-state index is 0.0622. The van der Waals surface area contributed by atoms with E-state index in [2.05, 4.69) is 21.2 Å². The highest BCUT2D eigenvalue weighted by molar-refractivity contribution is 9.10. The topological polar surface area (TPSA) is 124 Å². The lowest BCUT2D eigenvalue weighted by molar-refractivity contribution is -0.384. The van der Waals surface area contributed by atoms with Crippen LogP contribution in [0.5, 0.6) is 17.2 Å². The second-order valence-corrected chi connectivity index (χ2v) is 8.16. The fourth-order valence-corrected chi connectivity index (χ4v) is 3.78. The molecule has 0 aliphatic rings. The van der Waals surface area contributed by atoms with E-state index in [-0.39, 0.29) is 22.7 Å². The molecule has 0 heterocycles. The lowest BCUT2D eigenvalue weighted by atomic mass is 10.1. The van der Waals surface area contributed by atoms with Gasteiger partial charge in [0, 0.05) is 0 Å². The summed E-state index contributed by atoms with van der Waals surface area (Å²) in [6.45, 7) is 2.52. The average molecular weight is 552 g/mol. The Bertz CT molecular complexity index is 1340. The first-order valence-electron chi connectivity index (χ1n) is 10.7. The van der Waals surface area contributed by atoms with Gasteiger partial charge in [0.2, 0.25) is 0 Å². The number of nitrogens with one attached hydrogen (secondary N) is 1. The van der Waals surface area contributed by atoms with Gasteiger partial charge in [0.15, 0.2) is 11.5 Å². The van der Waals surface area contributed by atoms with Gasteiger partial charge in [-0.25, -0.2) is 0 Å². The standard InChI is InChI=1S/C26H22BrN3O6/c1-3-35-24-13-18(12-21(27)25(24)36-16-17-7-5-4-6-8-17)11-19(15-28)26(31)29-22-10-9-20(34-2)14-23(22)30(32)33/h4-14H,3,16H2,1-2H3,(H,29,31)/b19-11+. The molecule has 36 heavy (non-hydrogen) atoms. The van der Waals surface area contributed by atoms with E-state index in [1.165, 1.54) is 31.4 Å². The van der Waals surface area contributed by atoms with Crippen LogP contribution in [0.1, 0.15) is 18.1 Å². The summed E-state index contributed by atoms with van der Waals surface area (Å²) in [7, 11) is 1.38. The quantitative estimate of drug-likeness (QED) is 0.144. The molecule has 0 saturated heterocycles. The molecule has 0 radical (unpaired) electrons. The fourth-order valence-electron chi connectivity index (χ4n) is 3.20. The SMILES string of the molecule is CCOc1cc(/C=C(\C#N)C(=O)Nc2ccc(OC)cc2[N+](=O)[O-])cc(Br)c1OCc1ccccc1. The molecule has 184 valence electrons. The van der Waals surface area contributed by atoms with Crippen molar-refractivity contribution in [3.8, 4) is 23.3 Å². The lowest BCUT2D eigenvalue weighted by Gasteiger charge is -2.15. The van der Waals surface area contributed by atoms with Crippen LogP contribution in [0.15, 0.2) is 70.7 Å². The normalized spacial score (nSPS) is 10.8. The summed E-state index contributed by atoms with van der Waals surface area (Å²) in [6, 6.07) is 18.8. The largest absolute Gasteiger partial charge is 0.496 e. The number of carbonyl (C=O) groups is 1. The van der Waals surface area contributed by atoms with Crippen molar-refractivity contribution < 1.29 is 23.9 Å². The molecule has 0 unspecified atom stereocenters. The summed E-state index contributed by atoms with van der Waals surface area (Å²) < 4.78 is 17.3. The summed E-state index contributed by atoms with van der Waals surface area (Å²) >= 11 is 3.48. The number of nitro benzene ring substituents is 1. The van der Waals surface area contributed by atoms with Gasteiger partial charge >= 0.3 is 0 Å². The third-order valence-corrected chi connectivity index (χ3v) is 5.47. The highest BCUT2D eigenvalue weighted by atomic mass is 79.9. The molecular weight excluding hydrogens is 530 g/mol. The Hall–Kier alpha value is -4.36. The number of nitriles is 1. The number of rotatable bonds is 10. The Morgan fingerprint density at radius 3 is 2.56 bits per heavy atom. The molecule has 0 atom stereocenters. The molecule has 0 bridgehead atoms. The van der Waals surface area contributed by atoms with Crippen molar-refractivity contribution in [2.45, 2.75) is 13.5 Å². The van der Waals surface area contributed by atoms with Crippen LogP contribution in [0.25, 0.3) is 6.08 Å². The Labute approximate surface area is 216 Å². The van der Waals surface area contributed by atoms with Gasteiger partial charge < -0.3 is 19.5 Å². The fraction of sp³-hybridized carbons (Fsp3) is 0.154. The molecule has 0 aliphatic heterocycles. The number of nitro groups is 1. The Morgan fingerprint density at radius 2 is 1.92 bits per heavy atom. The Morgan fingerprint density at radius 1 is 1.17 bits per heavy atom. The van der Waals surface area contributed by atoms with Crippen LogP contribution < -0.4 is 19.5 Å². The van der Waals surface area contributed by atoms with Crippen LogP contribution in [-0.4, -0.2) is 24.5 Å².